The van der Waals surface area contributed by atoms with Crippen LogP contribution < -0.4 is 4.74 Å². The molecule has 1 aliphatic heterocycles. The van der Waals surface area contributed by atoms with E-state index in [0.717, 1.165) is 5.56 Å². The molecule has 0 radical (unpaired) electrons. The van der Waals surface area contributed by atoms with Crippen molar-refractivity contribution in [3.63, 3.8) is 0 Å². The van der Waals surface area contributed by atoms with Crippen molar-refractivity contribution in [3.8, 4) is 17.1 Å². The number of nitro groups is 1. The number of hydrogen-bond donors (Lipinski definition) is 0. The van der Waals surface area contributed by atoms with E-state index in [0.29, 0.717) is 36.9 Å². The van der Waals surface area contributed by atoms with Crippen molar-refractivity contribution in [2.45, 2.75) is 23.7 Å². The molecule has 1 aromatic heterocycles. The summed E-state index contributed by atoms with van der Waals surface area (Å²) in [5.41, 5.74) is 0.576. The van der Waals surface area contributed by atoms with Crippen LogP contribution in [0.5, 0.6) is 5.75 Å². The number of hydrogen-bond acceptors (Lipinski definition) is 8. The first-order valence-electron chi connectivity index (χ1n) is 9.61. The van der Waals surface area contributed by atoms with E-state index >= 15 is 0 Å². The molecule has 2 heterocycles. The third-order valence-corrected chi connectivity index (χ3v) is 7.07. The number of nitrogens with zero attached hydrogens (tertiary/aromatic N) is 4. The van der Waals surface area contributed by atoms with Crippen molar-refractivity contribution in [3.05, 3.63) is 64.5 Å². The lowest BCUT2D eigenvalue weighted by Gasteiger charge is -2.30. The highest BCUT2D eigenvalue weighted by molar-refractivity contribution is 7.89. The highest BCUT2D eigenvalue weighted by Crippen LogP contribution is 2.31. The van der Waals surface area contributed by atoms with Crippen LogP contribution in [0.2, 0.25) is 0 Å². The van der Waals surface area contributed by atoms with Gasteiger partial charge >= 0.3 is 0 Å². The molecule has 1 aliphatic rings. The fraction of sp³-hybridized carbons (Fsp3) is 0.300. The second-order valence-corrected chi connectivity index (χ2v) is 9.08. The van der Waals surface area contributed by atoms with E-state index in [2.05, 4.69) is 10.1 Å². The lowest BCUT2D eigenvalue weighted by Crippen LogP contribution is -2.39. The van der Waals surface area contributed by atoms with Crippen LogP contribution in [-0.4, -0.2) is 48.0 Å². The first-order chi connectivity index (χ1) is 14.9. The van der Waals surface area contributed by atoms with E-state index < -0.39 is 14.9 Å². The van der Waals surface area contributed by atoms with Crippen molar-refractivity contribution >= 4 is 15.7 Å². The number of ether oxygens (including phenoxy) is 1. The summed E-state index contributed by atoms with van der Waals surface area (Å²) in [7, 11) is -2.22. The Morgan fingerprint density at radius 2 is 2.00 bits per heavy atom. The maximum absolute atomic E-state index is 13.0. The van der Waals surface area contributed by atoms with Gasteiger partial charge in [-0.3, -0.25) is 10.1 Å². The highest BCUT2D eigenvalue weighted by Gasteiger charge is 2.33. The minimum absolute atomic E-state index is 0.0151. The van der Waals surface area contributed by atoms with Crippen LogP contribution in [0.25, 0.3) is 11.4 Å². The third-order valence-electron chi connectivity index (χ3n) is 5.19. The van der Waals surface area contributed by atoms with Gasteiger partial charge in [0, 0.05) is 30.8 Å². The van der Waals surface area contributed by atoms with Crippen molar-refractivity contribution < 1.29 is 22.6 Å². The summed E-state index contributed by atoms with van der Waals surface area (Å²) < 4.78 is 38.1. The monoisotopic (exact) mass is 444 g/mol. The molecule has 1 fully saturated rings. The number of benzene rings is 2. The maximum Gasteiger partial charge on any atom is 0.269 e. The first kappa shape index (κ1) is 20.9. The van der Waals surface area contributed by atoms with Gasteiger partial charge in [-0.25, -0.2) is 8.42 Å². The molecule has 1 unspecified atom stereocenters. The van der Waals surface area contributed by atoms with Crippen molar-refractivity contribution in [1.29, 1.82) is 0 Å². The zero-order chi connectivity index (χ0) is 22.0. The van der Waals surface area contributed by atoms with Crippen LogP contribution in [0.3, 0.4) is 0 Å². The summed E-state index contributed by atoms with van der Waals surface area (Å²) in [5.74, 6) is 1.21. The number of methoxy groups -OCH3 is 1. The smallest absolute Gasteiger partial charge is 0.269 e. The van der Waals surface area contributed by atoms with Gasteiger partial charge in [0.15, 0.2) is 0 Å². The zero-order valence-corrected chi connectivity index (χ0v) is 17.5. The van der Waals surface area contributed by atoms with Gasteiger partial charge in [0.05, 0.1) is 22.8 Å². The average molecular weight is 444 g/mol. The maximum atomic E-state index is 13.0. The van der Waals surface area contributed by atoms with E-state index in [1.165, 1.54) is 28.6 Å². The average Bonchev–Trinajstić information content (AvgIpc) is 3.30. The van der Waals surface area contributed by atoms with E-state index in [4.69, 9.17) is 9.26 Å². The second-order valence-electron chi connectivity index (χ2n) is 7.14. The second kappa shape index (κ2) is 8.44. The quantitative estimate of drug-likeness (QED) is 0.419. The minimum atomic E-state index is -3.80. The first-order valence-corrected chi connectivity index (χ1v) is 11.0. The third kappa shape index (κ3) is 4.28. The molecular weight excluding hydrogens is 424 g/mol. The number of nitro benzene ring substituents is 1. The lowest BCUT2D eigenvalue weighted by atomic mass is 10.00. The molecule has 0 aliphatic carbocycles. The number of non-ortho nitro benzene ring substituents is 1. The molecule has 31 heavy (non-hydrogen) atoms. The number of sulfonamides is 1. The number of piperidine rings is 1. The molecule has 1 saturated heterocycles. The molecule has 1 atom stereocenters. The van der Waals surface area contributed by atoms with Gasteiger partial charge in [-0.1, -0.05) is 17.3 Å². The Morgan fingerprint density at radius 1 is 1.23 bits per heavy atom. The van der Waals surface area contributed by atoms with Gasteiger partial charge in [0.1, 0.15) is 5.75 Å². The van der Waals surface area contributed by atoms with Gasteiger partial charge in [0.2, 0.25) is 21.7 Å². The van der Waals surface area contributed by atoms with E-state index in [1.54, 1.807) is 13.2 Å². The lowest BCUT2D eigenvalue weighted by molar-refractivity contribution is -0.384. The van der Waals surface area contributed by atoms with E-state index in [1.807, 2.05) is 18.2 Å². The van der Waals surface area contributed by atoms with Crippen LogP contribution in [0.15, 0.2) is 57.9 Å². The summed E-state index contributed by atoms with van der Waals surface area (Å²) in [5, 5.41) is 14.9. The van der Waals surface area contributed by atoms with Crippen LogP contribution >= 0.6 is 0 Å². The molecule has 11 heteroatoms. The topological polar surface area (TPSA) is 129 Å². The Kier molecular flexibility index (Phi) is 5.70. The number of rotatable bonds is 6. The van der Waals surface area contributed by atoms with Gasteiger partial charge in [-0.2, -0.15) is 9.29 Å². The van der Waals surface area contributed by atoms with Crippen molar-refractivity contribution in [1.82, 2.24) is 14.4 Å². The summed E-state index contributed by atoms with van der Waals surface area (Å²) in [6.45, 7) is 0.547. The van der Waals surface area contributed by atoms with Gasteiger partial charge < -0.3 is 9.26 Å². The summed E-state index contributed by atoms with van der Waals surface area (Å²) in [4.78, 5) is 14.7. The minimum Gasteiger partial charge on any atom is -0.497 e. The van der Waals surface area contributed by atoms with Crippen LogP contribution in [-0.2, 0) is 10.0 Å². The molecule has 0 saturated carbocycles. The van der Waals surface area contributed by atoms with Gasteiger partial charge in [-0.15, -0.1) is 0 Å². The predicted octanol–water partition coefficient (Wildman–Crippen LogP) is 3.22. The van der Waals surface area contributed by atoms with Crippen LogP contribution in [0, 0.1) is 10.1 Å². The highest BCUT2D eigenvalue weighted by atomic mass is 32.2. The van der Waals surface area contributed by atoms with Crippen LogP contribution in [0.1, 0.15) is 24.7 Å². The van der Waals surface area contributed by atoms with E-state index in [-0.39, 0.29) is 23.0 Å². The van der Waals surface area contributed by atoms with E-state index in [9.17, 15) is 18.5 Å². The molecule has 10 nitrogen and oxygen atoms in total. The van der Waals surface area contributed by atoms with Crippen molar-refractivity contribution in [2.75, 3.05) is 20.2 Å². The molecule has 4 rings (SSSR count). The standard InChI is InChI=1S/C20H20N4O6S/c1-29-17-6-2-4-14(12-17)19-21-20(30-22-19)15-5-3-11-23(13-15)31(27,28)18-9-7-16(8-10-18)24(25)26/h2,4,6-10,12,15H,3,5,11,13H2,1H3. The Balaban J connectivity index is 1.53. The normalized spacial score (nSPS) is 17.4. The molecule has 3 aromatic rings. The molecule has 0 N–H and O–H groups in total. The summed E-state index contributed by atoms with van der Waals surface area (Å²) in [6, 6.07) is 12.1. The summed E-state index contributed by atoms with van der Waals surface area (Å²) in [6.07, 6.45) is 1.35. The Morgan fingerprint density at radius 3 is 2.71 bits per heavy atom. The fourth-order valence-electron chi connectivity index (χ4n) is 3.53. The fourth-order valence-corrected chi connectivity index (χ4v) is 5.06. The van der Waals surface area contributed by atoms with Gasteiger partial charge in [-0.05, 0) is 37.1 Å². The molecule has 0 amide bonds. The SMILES string of the molecule is COc1cccc(-c2noc(C3CCCN(S(=O)(=O)c4ccc([N+](=O)[O-])cc4)C3)n2)c1. The Bertz CT molecular complexity index is 1190. The van der Waals surface area contributed by atoms with Crippen LogP contribution in [0.4, 0.5) is 5.69 Å². The van der Waals surface area contributed by atoms with Crippen molar-refractivity contribution in [2.24, 2.45) is 0 Å². The molecular formula is C20H20N4O6S. The largest absolute Gasteiger partial charge is 0.497 e. The molecule has 2 aromatic carbocycles. The molecule has 162 valence electrons. The van der Waals surface area contributed by atoms with Gasteiger partial charge in [0.25, 0.3) is 5.69 Å². The molecule has 0 bridgehead atoms. The Hall–Kier alpha value is -3.31. The summed E-state index contributed by atoms with van der Waals surface area (Å²) >= 11 is 0. The predicted molar refractivity (Wildman–Crippen MR) is 110 cm³/mol. The molecule has 0 spiro atoms. The zero-order valence-electron chi connectivity index (χ0n) is 16.7. The number of aromatic nitrogens is 2. The Labute approximate surface area is 178 Å².